The summed E-state index contributed by atoms with van der Waals surface area (Å²) in [5.74, 6) is 1.36. The third kappa shape index (κ3) is 5.16. The third-order valence-electron chi connectivity index (χ3n) is 6.73. The van der Waals surface area contributed by atoms with Crippen molar-refractivity contribution < 1.29 is 22.7 Å². The molecule has 5 rings (SSSR count). The predicted molar refractivity (Wildman–Crippen MR) is 138 cm³/mol. The van der Waals surface area contributed by atoms with Gasteiger partial charge in [-0.1, -0.05) is 0 Å². The number of ether oxygens (including phenoxy) is 2. The lowest BCUT2D eigenvalue weighted by Crippen LogP contribution is -2.41. The highest BCUT2D eigenvalue weighted by Crippen LogP contribution is 2.27. The van der Waals surface area contributed by atoms with E-state index >= 15 is 0 Å². The van der Waals surface area contributed by atoms with Gasteiger partial charge >= 0.3 is 0 Å². The van der Waals surface area contributed by atoms with Crippen LogP contribution in [0.3, 0.4) is 0 Å². The Morgan fingerprint density at radius 2 is 1.83 bits per heavy atom. The maximum atomic E-state index is 13.0. The Morgan fingerprint density at radius 3 is 2.58 bits per heavy atom. The van der Waals surface area contributed by atoms with Gasteiger partial charge < -0.3 is 19.7 Å². The van der Waals surface area contributed by atoms with Gasteiger partial charge in [-0.15, -0.1) is 0 Å². The van der Waals surface area contributed by atoms with E-state index in [1.807, 2.05) is 36.4 Å². The van der Waals surface area contributed by atoms with Crippen LogP contribution in [0.25, 0.3) is 10.9 Å². The number of amides is 1. The van der Waals surface area contributed by atoms with Gasteiger partial charge in [0.05, 0.1) is 36.7 Å². The molecule has 1 amide bonds. The maximum absolute atomic E-state index is 13.0. The lowest BCUT2D eigenvalue weighted by Gasteiger charge is -2.33. The second-order valence-electron chi connectivity index (χ2n) is 9.04. The van der Waals surface area contributed by atoms with E-state index < -0.39 is 10.0 Å². The number of morpholine rings is 1. The van der Waals surface area contributed by atoms with Crippen molar-refractivity contribution in [3.63, 3.8) is 0 Å². The number of piperidine rings is 1. The molecule has 3 aromatic rings. The summed E-state index contributed by atoms with van der Waals surface area (Å²) in [6.07, 6.45) is 1.70. The first-order valence-electron chi connectivity index (χ1n) is 12.1. The molecule has 36 heavy (non-hydrogen) atoms. The summed E-state index contributed by atoms with van der Waals surface area (Å²) in [6.45, 7) is 2.93. The lowest BCUT2D eigenvalue weighted by molar-refractivity contribution is -0.120. The fourth-order valence-electron chi connectivity index (χ4n) is 4.68. The molecule has 0 bridgehead atoms. The number of aromatic nitrogens is 1. The van der Waals surface area contributed by atoms with E-state index in [-0.39, 0.29) is 16.7 Å². The largest absolute Gasteiger partial charge is 0.497 e. The molecule has 9 nitrogen and oxygen atoms in total. The van der Waals surface area contributed by atoms with Crippen LogP contribution in [0, 0.1) is 5.92 Å². The molecule has 2 aromatic carbocycles. The second-order valence-corrected chi connectivity index (χ2v) is 11.0. The number of hydrogen-bond acceptors (Lipinski definition) is 7. The van der Waals surface area contributed by atoms with Gasteiger partial charge in [0.25, 0.3) is 0 Å². The number of carbonyl (C=O) groups excluding carboxylic acids is 1. The number of rotatable bonds is 6. The normalized spacial score (nSPS) is 19.2. The molecule has 1 atom stereocenters. The molecule has 2 saturated heterocycles. The van der Waals surface area contributed by atoms with Gasteiger partial charge in [-0.05, 0) is 67.4 Å². The van der Waals surface area contributed by atoms with Gasteiger partial charge in [0, 0.05) is 37.3 Å². The Hall–Kier alpha value is -3.21. The summed E-state index contributed by atoms with van der Waals surface area (Å²) >= 11 is 0. The van der Waals surface area contributed by atoms with Crippen molar-refractivity contribution in [2.45, 2.75) is 17.7 Å². The molecule has 10 heteroatoms. The van der Waals surface area contributed by atoms with E-state index in [9.17, 15) is 13.2 Å². The molecule has 0 radical (unpaired) electrons. The van der Waals surface area contributed by atoms with Crippen molar-refractivity contribution in [3.8, 4) is 5.75 Å². The number of carbonyl (C=O) groups is 1. The van der Waals surface area contributed by atoms with E-state index in [1.165, 1.54) is 4.31 Å². The smallest absolute Gasteiger partial charge is 0.243 e. The van der Waals surface area contributed by atoms with Gasteiger partial charge in [-0.3, -0.25) is 4.79 Å². The zero-order valence-electron chi connectivity index (χ0n) is 20.2. The van der Waals surface area contributed by atoms with Crippen molar-refractivity contribution in [1.29, 1.82) is 0 Å². The number of pyridine rings is 1. The molecule has 190 valence electrons. The van der Waals surface area contributed by atoms with Crippen molar-refractivity contribution in [1.82, 2.24) is 9.29 Å². The number of benzene rings is 2. The number of anilines is 2. The minimum Gasteiger partial charge on any atom is -0.497 e. The minimum absolute atomic E-state index is 0.0105. The van der Waals surface area contributed by atoms with Crippen molar-refractivity contribution in [3.05, 3.63) is 54.6 Å². The van der Waals surface area contributed by atoms with Crippen LogP contribution in [0.4, 0.5) is 11.5 Å². The number of nitrogens with zero attached hydrogens (tertiary/aromatic N) is 3. The summed E-state index contributed by atoms with van der Waals surface area (Å²) in [7, 11) is -1.96. The fourth-order valence-corrected chi connectivity index (χ4v) is 6.13. The highest BCUT2D eigenvalue weighted by molar-refractivity contribution is 7.89. The lowest BCUT2D eigenvalue weighted by atomic mass is 9.97. The van der Waals surface area contributed by atoms with E-state index in [4.69, 9.17) is 14.5 Å². The SMILES string of the molecule is COc1ccc(NC(=O)[C@@H]2CCCN(c3ccc4cc(S(=O)(=O)N5CCOCC5)ccc4n3)C2)cc1. The van der Waals surface area contributed by atoms with Crippen LogP contribution in [0.15, 0.2) is 59.5 Å². The summed E-state index contributed by atoms with van der Waals surface area (Å²) < 4.78 is 37.9. The number of hydrogen-bond donors (Lipinski definition) is 1. The molecule has 0 spiro atoms. The van der Waals surface area contributed by atoms with Crippen LogP contribution in [-0.2, 0) is 19.6 Å². The quantitative estimate of drug-likeness (QED) is 0.544. The third-order valence-corrected chi connectivity index (χ3v) is 8.62. The summed E-state index contributed by atoms with van der Waals surface area (Å²) in [5, 5.41) is 3.76. The summed E-state index contributed by atoms with van der Waals surface area (Å²) in [4.78, 5) is 20.1. The first-order valence-corrected chi connectivity index (χ1v) is 13.6. The van der Waals surface area contributed by atoms with Crippen LogP contribution >= 0.6 is 0 Å². The molecule has 2 fully saturated rings. The van der Waals surface area contributed by atoms with Gasteiger partial charge in [0.15, 0.2) is 0 Å². The Balaban J connectivity index is 1.29. The average molecular weight is 511 g/mol. The topological polar surface area (TPSA) is 101 Å². The Kier molecular flexibility index (Phi) is 7.08. The number of methoxy groups -OCH3 is 1. The molecule has 2 aliphatic rings. The standard InChI is InChI=1S/C26H30N4O5S/c1-34-22-7-5-21(6-8-22)27-26(31)20-3-2-12-29(18-20)25-11-4-19-17-23(9-10-24(19)28-25)36(32,33)30-13-15-35-16-14-30/h4-11,17,20H,2-3,12-16,18H2,1H3,(H,27,31)/t20-/m1/s1. The Labute approximate surface area is 211 Å². The molecule has 1 aromatic heterocycles. The van der Waals surface area contributed by atoms with Gasteiger partial charge in [0.1, 0.15) is 11.6 Å². The highest BCUT2D eigenvalue weighted by atomic mass is 32.2. The highest BCUT2D eigenvalue weighted by Gasteiger charge is 2.28. The van der Waals surface area contributed by atoms with Crippen molar-refractivity contribution >= 4 is 38.3 Å². The van der Waals surface area contributed by atoms with Gasteiger partial charge in [-0.25, -0.2) is 13.4 Å². The number of sulfonamides is 1. The zero-order valence-corrected chi connectivity index (χ0v) is 21.0. The van der Waals surface area contributed by atoms with E-state index in [1.54, 1.807) is 25.3 Å². The minimum atomic E-state index is -3.57. The van der Waals surface area contributed by atoms with Gasteiger partial charge in [-0.2, -0.15) is 4.31 Å². The van der Waals surface area contributed by atoms with Crippen LogP contribution in [0.5, 0.6) is 5.75 Å². The maximum Gasteiger partial charge on any atom is 0.243 e. The summed E-state index contributed by atoms with van der Waals surface area (Å²) in [5.41, 5.74) is 1.46. The molecule has 3 heterocycles. The molecule has 1 N–H and O–H groups in total. The van der Waals surface area contributed by atoms with Crippen molar-refractivity contribution in [2.24, 2.45) is 5.92 Å². The van der Waals surface area contributed by atoms with Crippen LogP contribution < -0.4 is 15.0 Å². The summed E-state index contributed by atoms with van der Waals surface area (Å²) in [6, 6.07) is 16.1. The van der Waals surface area contributed by atoms with Crippen LogP contribution in [0.2, 0.25) is 0 Å². The van der Waals surface area contributed by atoms with Crippen LogP contribution in [-0.4, -0.2) is 70.1 Å². The Morgan fingerprint density at radius 1 is 1.06 bits per heavy atom. The first kappa shape index (κ1) is 24.5. The molecule has 2 aliphatic heterocycles. The monoisotopic (exact) mass is 510 g/mol. The van der Waals surface area contributed by atoms with E-state index in [2.05, 4.69) is 10.2 Å². The fraction of sp³-hybridized carbons (Fsp3) is 0.385. The van der Waals surface area contributed by atoms with E-state index in [0.717, 1.165) is 47.5 Å². The Bertz CT molecular complexity index is 1340. The molecular formula is C26H30N4O5S. The first-order chi connectivity index (χ1) is 17.4. The number of fused-ring (bicyclic) bond motifs is 1. The van der Waals surface area contributed by atoms with E-state index in [0.29, 0.717) is 32.8 Å². The second kappa shape index (κ2) is 10.4. The van der Waals surface area contributed by atoms with Crippen molar-refractivity contribution in [2.75, 3.05) is 56.7 Å². The molecule has 0 saturated carbocycles. The average Bonchev–Trinajstić information content (AvgIpc) is 2.93. The van der Waals surface area contributed by atoms with Gasteiger partial charge in [0.2, 0.25) is 15.9 Å². The van der Waals surface area contributed by atoms with Crippen LogP contribution in [0.1, 0.15) is 12.8 Å². The predicted octanol–water partition coefficient (Wildman–Crippen LogP) is 3.12. The molecule has 0 unspecified atom stereocenters. The number of nitrogens with one attached hydrogen (secondary N) is 1. The molecule has 0 aliphatic carbocycles. The zero-order chi connectivity index (χ0) is 25.1. The molecular weight excluding hydrogens is 480 g/mol.